The van der Waals surface area contributed by atoms with Crippen molar-refractivity contribution in [3.8, 4) is 0 Å². The van der Waals surface area contributed by atoms with Gasteiger partial charge in [0.05, 0.1) is 0 Å². The molecule has 0 aromatic heterocycles. The molecule has 3 fully saturated rings. The number of hydrogen-bond acceptors (Lipinski definition) is 2. The molecule has 2 heteroatoms. The van der Waals surface area contributed by atoms with E-state index in [2.05, 4.69) is 31.0 Å². The van der Waals surface area contributed by atoms with Crippen molar-refractivity contribution in [2.75, 3.05) is 6.54 Å². The Morgan fingerprint density at radius 1 is 1.00 bits per heavy atom. The highest BCUT2D eigenvalue weighted by Crippen LogP contribution is 2.40. The molecule has 2 aliphatic heterocycles. The molecule has 110 valence electrons. The summed E-state index contributed by atoms with van der Waals surface area (Å²) in [6, 6.07) is 3.47. The van der Waals surface area contributed by atoms with Crippen molar-refractivity contribution in [1.29, 1.82) is 0 Å². The maximum atomic E-state index is 3.79. The van der Waals surface area contributed by atoms with Crippen LogP contribution in [0.25, 0.3) is 0 Å². The molecule has 1 saturated carbocycles. The van der Waals surface area contributed by atoms with E-state index in [0.717, 1.165) is 36.0 Å². The summed E-state index contributed by atoms with van der Waals surface area (Å²) in [5, 5.41) is 3.79. The maximum Gasteiger partial charge on any atom is 0.0128 e. The molecule has 0 amide bonds. The number of hydrogen-bond donors (Lipinski definition) is 1. The highest BCUT2D eigenvalue weighted by molar-refractivity contribution is 4.99. The van der Waals surface area contributed by atoms with Crippen molar-refractivity contribution in [2.45, 2.75) is 89.9 Å². The Hall–Kier alpha value is -0.0800. The number of nitrogens with zero attached hydrogens (tertiary/aromatic N) is 1. The molecule has 3 rings (SSSR count). The predicted octanol–water partition coefficient (Wildman–Crippen LogP) is 3.42. The van der Waals surface area contributed by atoms with Crippen molar-refractivity contribution >= 4 is 0 Å². The molecule has 0 spiro atoms. The van der Waals surface area contributed by atoms with E-state index >= 15 is 0 Å². The van der Waals surface area contributed by atoms with Gasteiger partial charge in [-0.1, -0.05) is 20.8 Å². The molecule has 0 aromatic rings. The van der Waals surface area contributed by atoms with Crippen LogP contribution >= 0.6 is 0 Å². The third-order valence-electron chi connectivity index (χ3n) is 5.96. The lowest BCUT2D eigenvalue weighted by Crippen LogP contribution is -2.55. The fraction of sp³-hybridized carbons (Fsp3) is 1.00. The minimum atomic E-state index is 0.837. The first-order valence-electron chi connectivity index (χ1n) is 8.69. The van der Waals surface area contributed by atoms with E-state index < -0.39 is 0 Å². The quantitative estimate of drug-likeness (QED) is 0.818. The van der Waals surface area contributed by atoms with Gasteiger partial charge in [0.2, 0.25) is 0 Å². The zero-order chi connectivity index (χ0) is 13.4. The van der Waals surface area contributed by atoms with Crippen LogP contribution in [0.15, 0.2) is 0 Å². The number of fused-ring (bicyclic) bond motifs is 2. The average molecular weight is 264 g/mol. The SMILES string of the molecule is CCCN(C1CC2CCC(C1)N2)C1CC(C(C)C)C1. The van der Waals surface area contributed by atoms with Crippen molar-refractivity contribution in [1.82, 2.24) is 10.2 Å². The maximum absolute atomic E-state index is 3.79. The molecule has 2 nitrogen and oxygen atoms in total. The predicted molar refractivity (Wildman–Crippen MR) is 81.3 cm³/mol. The van der Waals surface area contributed by atoms with Gasteiger partial charge < -0.3 is 5.32 Å². The van der Waals surface area contributed by atoms with E-state index in [9.17, 15) is 0 Å². The van der Waals surface area contributed by atoms with Crippen LogP contribution in [0, 0.1) is 11.8 Å². The van der Waals surface area contributed by atoms with Gasteiger partial charge in [-0.05, 0) is 63.3 Å². The lowest BCUT2D eigenvalue weighted by molar-refractivity contribution is 0.00900. The summed E-state index contributed by atoms with van der Waals surface area (Å²) in [6.07, 6.45) is 9.95. The Labute approximate surface area is 119 Å². The summed E-state index contributed by atoms with van der Waals surface area (Å²) in [6.45, 7) is 8.48. The summed E-state index contributed by atoms with van der Waals surface area (Å²) >= 11 is 0. The van der Waals surface area contributed by atoms with E-state index in [1.54, 1.807) is 0 Å². The second-order valence-electron chi connectivity index (χ2n) is 7.63. The second-order valence-corrected chi connectivity index (χ2v) is 7.63. The normalized spacial score (nSPS) is 41.8. The summed E-state index contributed by atoms with van der Waals surface area (Å²) in [7, 11) is 0. The minimum absolute atomic E-state index is 0.837. The van der Waals surface area contributed by atoms with Crippen molar-refractivity contribution < 1.29 is 0 Å². The molecule has 19 heavy (non-hydrogen) atoms. The first-order valence-corrected chi connectivity index (χ1v) is 8.69. The second kappa shape index (κ2) is 5.73. The molecule has 2 bridgehead atoms. The van der Waals surface area contributed by atoms with Crippen molar-refractivity contribution in [2.24, 2.45) is 11.8 Å². The lowest BCUT2D eigenvalue weighted by atomic mass is 9.72. The highest BCUT2D eigenvalue weighted by atomic mass is 15.2. The molecule has 1 aliphatic carbocycles. The van der Waals surface area contributed by atoms with Crippen molar-refractivity contribution in [3.05, 3.63) is 0 Å². The fourth-order valence-electron chi connectivity index (χ4n) is 4.66. The van der Waals surface area contributed by atoms with Gasteiger partial charge in [-0.25, -0.2) is 0 Å². The summed E-state index contributed by atoms with van der Waals surface area (Å²) in [5.41, 5.74) is 0. The van der Waals surface area contributed by atoms with E-state index in [-0.39, 0.29) is 0 Å². The third kappa shape index (κ3) is 2.85. The summed E-state index contributed by atoms with van der Waals surface area (Å²) < 4.78 is 0. The van der Waals surface area contributed by atoms with Crippen LogP contribution < -0.4 is 5.32 Å². The Morgan fingerprint density at radius 2 is 1.58 bits per heavy atom. The molecule has 3 aliphatic rings. The molecule has 0 radical (unpaired) electrons. The zero-order valence-electron chi connectivity index (χ0n) is 13.1. The van der Waals surface area contributed by atoms with Gasteiger partial charge in [-0.3, -0.25) is 4.90 Å². The van der Waals surface area contributed by atoms with Crippen LogP contribution in [0.2, 0.25) is 0 Å². The average Bonchev–Trinajstić information content (AvgIpc) is 2.65. The number of nitrogens with one attached hydrogen (secondary N) is 1. The van der Waals surface area contributed by atoms with Gasteiger partial charge in [0.15, 0.2) is 0 Å². The van der Waals surface area contributed by atoms with E-state index in [1.165, 1.54) is 51.5 Å². The monoisotopic (exact) mass is 264 g/mol. The molecular weight excluding hydrogens is 232 g/mol. The largest absolute Gasteiger partial charge is 0.311 e. The van der Waals surface area contributed by atoms with E-state index in [4.69, 9.17) is 0 Å². The van der Waals surface area contributed by atoms with Crippen LogP contribution in [-0.4, -0.2) is 35.6 Å². The smallest absolute Gasteiger partial charge is 0.0128 e. The van der Waals surface area contributed by atoms with Crippen LogP contribution in [0.1, 0.15) is 65.7 Å². The van der Waals surface area contributed by atoms with Gasteiger partial charge in [-0.15, -0.1) is 0 Å². The van der Waals surface area contributed by atoms with E-state index in [1.807, 2.05) is 0 Å². The zero-order valence-corrected chi connectivity index (χ0v) is 13.1. The Morgan fingerprint density at radius 3 is 2.11 bits per heavy atom. The van der Waals surface area contributed by atoms with Gasteiger partial charge >= 0.3 is 0 Å². The number of piperidine rings is 1. The molecular formula is C17H32N2. The van der Waals surface area contributed by atoms with Crippen molar-refractivity contribution in [3.63, 3.8) is 0 Å². The Bertz CT molecular complexity index is 284. The van der Waals surface area contributed by atoms with Gasteiger partial charge in [0.1, 0.15) is 0 Å². The molecule has 2 saturated heterocycles. The molecule has 2 heterocycles. The van der Waals surface area contributed by atoms with Crippen LogP contribution in [0.3, 0.4) is 0 Å². The molecule has 1 N–H and O–H groups in total. The third-order valence-corrected chi connectivity index (χ3v) is 5.96. The molecule has 0 aromatic carbocycles. The topological polar surface area (TPSA) is 15.3 Å². The highest BCUT2D eigenvalue weighted by Gasteiger charge is 2.41. The Balaban J connectivity index is 1.58. The van der Waals surface area contributed by atoms with Gasteiger partial charge in [-0.2, -0.15) is 0 Å². The Kier molecular flexibility index (Phi) is 4.19. The van der Waals surface area contributed by atoms with Gasteiger partial charge in [0, 0.05) is 24.2 Å². The van der Waals surface area contributed by atoms with Crippen LogP contribution in [-0.2, 0) is 0 Å². The van der Waals surface area contributed by atoms with Crippen LogP contribution in [0.4, 0.5) is 0 Å². The van der Waals surface area contributed by atoms with Gasteiger partial charge in [0.25, 0.3) is 0 Å². The fourth-order valence-corrected chi connectivity index (χ4v) is 4.66. The van der Waals surface area contributed by atoms with Crippen LogP contribution in [0.5, 0.6) is 0 Å². The molecule has 2 unspecified atom stereocenters. The summed E-state index contributed by atoms with van der Waals surface area (Å²) in [5.74, 6) is 1.90. The lowest BCUT2D eigenvalue weighted by Gasteiger charge is -2.49. The first kappa shape index (κ1) is 13.9. The summed E-state index contributed by atoms with van der Waals surface area (Å²) in [4.78, 5) is 2.91. The molecule has 2 atom stereocenters. The number of rotatable bonds is 5. The standard InChI is InChI=1S/C17H32N2/c1-4-7-19(16-8-13(9-16)12(2)3)17-10-14-5-6-15(11-17)18-14/h12-18H,4-11H2,1-3H3. The minimum Gasteiger partial charge on any atom is -0.311 e. The first-order chi connectivity index (χ1) is 9.17. The van der Waals surface area contributed by atoms with E-state index in [0.29, 0.717) is 0 Å².